The van der Waals surface area contributed by atoms with Gasteiger partial charge in [-0.3, -0.25) is 0 Å². The third-order valence-corrected chi connectivity index (χ3v) is 0. The van der Waals surface area contributed by atoms with E-state index in [0.29, 0.717) is 0 Å². The second kappa shape index (κ2) is 618. The molecule has 0 aromatic rings. The normalized spacial score (nSPS) is 3.63. The summed E-state index contributed by atoms with van der Waals surface area (Å²) in [6.45, 7) is 20.0. The Morgan fingerprint density at radius 1 is 0.333 bits per heavy atom. The van der Waals surface area contributed by atoms with Gasteiger partial charge in [0.1, 0.15) is 67.9 Å². The summed E-state index contributed by atoms with van der Waals surface area (Å²) < 4.78 is 34.4. The zero-order valence-electron chi connectivity index (χ0n) is 15.2. The van der Waals surface area contributed by atoms with Crippen LogP contribution in [0.15, 0.2) is 0 Å². The molecule has 0 aliphatic carbocycles. The second-order valence-electron chi connectivity index (χ2n) is 0.408. The van der Waals surface area contributed by atoms with Crippen molar-refractivity contribution in [3.63, 3.8) is 0 Å². The van der Waals surface area contributed by atoms with Gasteiger partial charge in [0.25, 0.3) is 0 Å². The SMILES string of the molecule is C=O.C=O.C=O.C=O.C=O.C=O.C=O.C=O.C=O.C=O.[Na+].[Na+].[O]=[Cr](=[O])([O-])[O-]. The Balaban J connectivity index is -0.00000000740. The minimum absolute atomic E-state index is 0. The van der Waals surface area contributed by atoms with Gasteiger partial charge in [-0.05, 0) is 0 Å². The topological polar surface area (TPSA) is 251 Å². The summed E-state index contributed by atoms with van der Waals surface area (Å²) in [7, 11) is 0. The molecule has 0 unspecified atom stereocenters. The zero-order chi connectivity index (χ0) is 24.5. The molecular formula is C10H20CrNa2O14. The Bertz CT molecular complexity index is 205. The van der Waals surface area contributed by atoms with Crippen molar-refractivity contribution < 1.29 is 137 Å². The molecule has 14 nitrogen and oxygen atoms in total. The molecule has 0 N–H and O–H groups in total. The molecule has 0 aromatic carbocycles. The number of carbonyl (C=O) groups is 10. The monoisotopic (exact) mass is 462 g/mol. The average Bonchev–Trinajstić information content (AvgIpc) is 2.75. The molecular weight excluding hydrogens is 442 g/mol. The van der Waals surface area contributed by atoms with E-state index >= 15 is 0 Å². The van der Waals surface area contributed by atoms with Crippen LogP contribution in [0.3, 0.4) is 0 Å². The third kappa shape index (κ3) is 8230. The Morgan fingerprint density at radius 2 is 0.333 bits per heavy atom. The molecule has 0 radical (unpaired) electrons. The fourth-order valence-electron chi connectivity index (χ4n) is 0. The van der Waals surface area contributed by atoms with Crippen molar-refractivity contribution in [2.45, 2.75) is 0 Å². The van der Waals surface area contributed by atoms with Gasteiger partial charge in [0.15, 0.2) is 0 Å². The first-order valence-electron chi connectivity index (χ1n) is 3.55. The molecule has 0 amide bonds. The van der Waals surface area contributed by atoms with E-state index in [0.717, 1.165) is 0 Å². The molecule has 152 valence electrons. The third-order valence-electron chi connectivity index (χ3n) is 0. The summed E-state index contributed by atoms with van der Waals surface area (Å²) in [6, 6.07) is 0. The summed E-state index contributed by atoms with van der Waals surface area (Å²) in [4.78, 5) is 80.0. The Morgan fingerprint density at radius 3 is 0.333 bits per heavy atom. The van der Waals surface area contributed by atoms with Gasteiger partial charge in [-0.15, -0.1) is 0 Å². The summed E-state index contributed by atoms with van der Waals surface area (Å²) in [6.07, 6.45) is 0. The van der Waals surface area contributed by atoms with Crippen LogP contribution < -0.4 is 67.4 Å². The van der Waals surface area contributed by atoms with Crippen LogP contribution in [0.25, 0.3) is 0 Å². The first-order valence-corrected chi connectivity index (χ1v) is 5.64. The van der Waals surface area contributed by atoms with Crippen LogP contribution in [0.5, 0.6) is 0 Å². The molecule has 27 heavy (non-hydrogen) atoms. The van der Waals surface area contributed by atoms with E-state index in [2.05, 4.69) is 0 Å². The van der Waals surface area contributed by atoms with Crippen LogP contribution >= 0.6 is 0 Å². The van der Waals surface area contributed by atoms with Crippen molar-refractivity contribution in [3.05, 3.63) is 0 Å². The molecule has 0 bridgehead atoms. The molecule has 0 heterocycles. The van der Waals surface area contributed by atoms with Crippen LogP contribution in [-0.4, -0.2) is 67.9 Å². The molecule has 0 aliphatic heterocycles. The Hall–Kier alpha value is -1.25. The quantitative estimate of drug-likeness (QED) is 0.303. The predicted molar refractivity (Wildman–Crippen MR) is 72.6 cm³/mol. The van der Waals surface area contributed by atoms with Crippen molar-refractivity contribution in [2.75, 3.05) is 0 Å². The number of hydrogen-bond acceptors (Lipinski definition) is 14. The molecule has 0 spiro atoms. The zero-order valence-corrected chi connectivity index (χ0v) is 20.5. The molecule has 0 atom stereocenters. The standard InChI is InChI=1S/10CH2O.Cr.2Na.4O/c10*1-2;;;;;;;/h10*1H2;;;;;;;/q;;;;;;;;;;;2*+1;;;2*-1. The summed E-state index contributed by atoms with van der Waals surface area (Å²) in [5, 5.41) is 0. The second-order valence-corrected chi connectivity index (χ2v) is 1.68. The maximum atomic E-state index is 8.59. The van der Waals surface area contributed by atoms with Gasteiger partial charge in [0.05, 0.1) is 0 Å². The first-order chi connectivity index (χ1) is 12.0. The molecule has 0 aliphatic rings. The van der Waals surface area contributed by atoms with E-state index in [1.807, 2.05) is 67.9 Å². The molecule has 0 rings (SSSR count). The van der Waals surface area contributed by atoms with Crippen LogP contribution in [0.2, 0.25) is 0 Å². The predicted octanol–water partition coefficient (Wildman–Crippen LogP) is -10.5. The van der Waals surface area contributed by atoms with Crippen LogP contribution in [-0.2, 0) is 69.2 Å². The summed E-state index contributed by atoms with van der Waals surface area (Å²) in [5.74, 6) is 0. The molecule has 0 fully saturated rings. The first kappa shape index (κ1) is 97.0. The van der Waals surface area contributed by atoms with E-state index in [1.165, 1.54) is 0 Å². The van der Waals surface area contributed by atoms with E-state index in [1.54, 1.807) is 0 Å². The minimum atomic E-state index is -5.75. The fraction of sp³-hybridized carbons (Fsp3) is 0. The van der Waals surface area contributed by atoms with E-state index in [4.69, 9.17) is 63.9 Å². The van der Waals surface area contributed by atoms with Gasteiger partial charge < -0.3 is 47.9 Å². The number of rotatable bonds is 0. The molecule has 17 heteroatoms. The molecule has 0 aromatic heterocycles. The number of hydrogen-bond donors (Lipinski definition) is 0. The van der Waals surface area contributed by atoms with Crippen molar-refractivity contribution in [3.8, 4) is 0 Å². The Kier molecular flexibility index (Phi) is 2220. The molecule has 0 saturated heterocycles. The van der Waals surface area contributed by atoms with Crippen molar-refractivity contribution in [1.82, 2.24) is 0 Å². The molecule has 0 saturated carbocycles. The van der Waals surface area contributed by atoms with Gasteiger partial charge in [-0.1, -0.05) is 0 Å². The van der Waals surface area contributed by atoms with Gasteiger partial charge >= 0.3 is 88.7 Å². The van der Waals surface area contributed by atoms with E-state index in [9.17, 15) is 0 Å². The maximum absolute atomic E-state index is 8.59. The number of carbonyl (C=O) groups excluding carboxylic acids is 10. The fourth-order valence-corrected chi connectivity index (χ4v) is 0. The summed E-state index contributed by atoms with van der Waals surface area (Å²) >= 11 is -5.75. The van der Waals surface area contributed by atoms with Gasteiger partial charge in [-0.2, -0.15) is 0 Å². The van der Waals surface area contributed by atoms with Crippen molar-refractivity contribution in [1.29, 1.82) is 0 Å². The van der Waals surface area contributed by atoms with Gasteiger partial charge in [-0.25, -0.2) is 0 Å². The van der Waals surface area contributed by atoms with E-state index in [-0.39, 0.29) is 59.1 Å². The van der Waals surface area contributed by atoms with Crippen molar-refractivity contribution >= 4 is 67.9 Å². The average molecular weight is 462 g/mol. The Labute approximate surface area is 203 Å². The summed E-state index contributed by atoms with van der Waals surface area (Å²) in [5.41, 5.74) is 0. The van der Waals surface area contributed by atoms with Crippen LogP contribution in [0.1, 0.15) is 0 Å². The van der Waals surface area contributed by atoms with Crippen LogP contribution in [0, 0.1) is 0 Å². The van der Waals surface area contributed by atoms with Crippen LogP contribution in [0.4, 0.5) is 0 Å². The van der Waals surface area contributed by atoms with Gasteiger partial charge in [0, 0.05) is 0 Å². The van der Waals surface area contributed by atoms with Gasteiger partial charge in [0.2, 0.25) is 0 Å². The van der Waals surface area contributed by atoms with Crippen molar-refractivity contribution in [2.24, 2.45) is 0 Å². The van der Waals surface area contributed by atoms with E-state index < -0.39 is 13.6 Å².